The smallest absolute Gasteiger partial charge is 0.276 e. The molecule has 0 heterocycles. The minimum atomic E-state index is -4.65. The quantitative estimate of drug-likeness (QED) is 0.431. The lowest BCUT2D eigenvalue weighted by Crippen LogP contribution is -2.16. The lowest BCUT2D eigenvalue weighted by atomic mass is 9.77. The van der Waals surface area contributed by atoms with Crippen molar-refractivity contribution < 1.29 is 22.4 Å². The van der Waals surface area contributed by atoms with Gasteiger partial charge in [-0.2, -0.15) is 13.2 Å². The highest BCUT2D eigenvalue weighted by molar-refractivity contribution is 6.68. The average molecular weight is 391 g/mol. The Bertz CT molecular complexity index is 846. The summed E-state index contributed by atoms with van der Waals surface area (Å²) < 4.78 is 53.1. The summed E-state index contributed by atoms with van der Waals surface area (Å²) in [6.07, 6.45) is -2.82. The molecule has 7 heteroatoms. The van der Waals surface area contributed by atoms with Gasteiger partial charge in [-0.05, 0) is 71.8 Å². The first kappa shape index (κ1) is 18.2. The SMILES string of the molecule is O=C(Cl)c1cc(Cl)c(C(F)(F)F)cc1C1CCCc2cc(F)ccc21. The van der Waals surface area contributed by atoms with Crippen molar-refractivity contribution >= 4 is 28.4 Å². The van der Waals surface area contributed by atoms with Gasteiger partial charge in [-0.3, -0.25) is 4.79 Å². The largest absolute Gasteiger partial charge is 0.417 e. The van der Waals surface area contributed by atoms with E-state index in [0.29, 0.717) is 24.8 Å². The summed E-state index contributed by atoms with van der Waals surface area (Å²) in [5.41, 5.74) is 0.543. The molecule has 0 saturated carbocycles. The van der Waals surface area contributed by atoms with E-state index in [-0.39, 0.29) is 11.1 Å². The standard InChI is InChI=1S/C18H12Cl2F4O/c19-16-8-14(17(20)25)13(7-15(16)18(22,23)24)12-3-1-2-9-6-10(21)4-5-11(9)12/h4-8,12H,1-3H2. The Morgan fingerprint density at radius 1 is 1.12 bits per heavy atom. The average Bonchev–Trinajstić information content (AvgIpc) is 2.52. The van der Waals surface area contributed by atoms with Crippen LogP contribution in [-0.4, -0.2) is 5.24 Å². The molecule has 0 bridgehead atoms. The fourth-order valence-electron chi connectivity index (χ4n) is 3.37. The molecular formula is C18H12Cl2F4O. The molecule has 0 fully saturated rings. The van der Waals surface area contributed by atoms with Gasteiger partial charge in [0.25, 0.3) is 5.24 Å². The third-order valence-electron chi connectivity index (χ3n) is 4.45. The number of benzene rings is 2. The van der Waals surface area contributed by atoms with Gasteiger partial charge >= 0.3 is 6.18 Å². The second-order valence-electron chi connectivity index (χ2n) is 5.98. The predicted molar refractivity (Wildman–Crippen MR) is 87.8 cm³/mol. The van der Waals surface area contributed by atoms with Crippen LogP contribution in [0.15, 0.2) is 30.3 Å². The maximum absolute atomic E-state index is 13.5. The number of hydrogen-bond acceptors (Lipinski definition) is 1. The Morgan fingerprint density at radius 2 is 1.84 bits per heavy atom. The van der Waals surface area contributed by atoms with Gasteiger partial charge in [-0.25, -0.2) is 4.39 Å². The van der Waals surface area contributed by atoms with E-state index < -0.39 is 33.7 Å². The molecule has 1 atom stereocenters. The normalized spacial score (nSPS) is 17.3. The summed E-state index contributed by atoms with van der Waals surface area (Å²) in [4.78, 5) is 11.8. The molecule has 0 N–H and O–H groups in total. The van der Waals surface area contributed by atoms with Gasteiger partial charge in [0, 0.05) is 11.5 Å². The molecule has 2 aromatic rings. The zero-order valence-corrected chi connectivity index (χ0v) is 14.3. The van der Waals surface area contributed by atoms with Gasteiger partial charge in [-0.1, -0.05) is 17.7 Å². The van der Waals surface area contributed by atoms with E-state index in [1.165, 1.54) is 12.1 Å². The van der Waals surface area contributed by atoms with E-state index in [2.05, 4.69) is 0 Å². The first-order chi connectivity index (χ1) is 11.7. The number of carbonyl (C=O) groups is 1. The van der Waals surface area contributed by atoms with Gasteiger partial charge < -0.3 is 0 Å². The number of alkyl halides is 3. The van der Waals surface area contributed by atoms with Crippen LogP contribution in [-0.2, 0) is 12.6 Å². The molecule has 1 aliphatic carbocycles. The summed E-state index contributed by atoms with van der Waals surface area (Å²) in [6, 6.07) is 6.05. The van der Waals surface area contributed by atoms with E-state index in [1.807, 2.05) is 0 Å². The number of fused-ring (bicyclic) bond motifs is 1. The second kappa shape index (κ2) is 6.61. The fourth-order valence-corrected chi connectivity index (χ4v) is 3.81. The van der Waals surface area contributed by atoms with Gasteiger partial charge in [0.05, 0.1) is 10.6 Å². The van der Waals surface area contributed by atoms with E-state index in [1.54, 1.807) is 6.07 Å². The molecule has 2 aromatic carbocycles. The van der Waals surface area contributed by atoms with Crippen LogP contribution in [0.4, 0.5) is 17.6 Å². The Morgan fingerprint density at radius 3 is 2.48 bits per heavy atom. The topological polar surface area (TPSA) is 17.1 Å². The molecule has 1 unspecified atom stereocenters. The molecular weight excluding hydrogens is 379 g/mol. The molecule has 25 heavy (non-hydrogen) atoms. The number of hydrogen-bond donors (Lipinski definition) is 0. The monoisotopic (exact) mass is 390 g/mol. The van der Waals surface area contributed by atoms with Gasteiger partial charge in [0.15, 0.2) is 0 Å². The summed E-state index contributed by atoms with van der Waals surface area (Å²) in [5.74, 6) is -0.874. The van der Waals surface area contributed by atoms with Crippen molar-refractivity contribution in [2.24, 2.45) is 0 Å². The van der Waals surface area contributed by atoms with Gasteiger partial charge in [0.1, 0.15) is 5.82 Å². The molecule has 3 rings (SSSR count). The maximum atomic E-state index is 13.5. The first-order valence-corrected chi connectivity index (χ1v) is 8.33. The zero-order chi connectivity index (χ0) is 18.4. The summed E-state index contributed by atoms with van der Waals surface area (Å²) in [5, 5.41) is -1.45. The Balaban J connectivity index is 2.22. The predicted octanol–water partition coefficient (Wildman–Crippen LogP) is 6.35. The van der Waals surface area contributed by atoms with Crippen molar-refractivity contribution in [2.45, 2.75) is 31.4 Å². The highest BCUT2D eigenvalue weighted by Crippen LogP contribution is 2.43. The van der Waals surface area contributed by atoms with Crippen molar-refractivity contribution in [1.29, 1.82) is 0 Å². The van der Waals surface area contributed by atoms with Crippen LogP contribution in [0.1, 0.15) is 51.4 Å². The van der Waals surface area contributed by atoms with E-state index in [0.717, 1.165) is 17.7 Å². The Hall–Kier alpha value is -1.59. The van der Waals surface area contributed by atoms with Crippen molar-refractivity contribution in [3.05, 3.63) is 69.0 Å². The minimum Gasteiger partial charge on any atom is -0.276 e. The minimum absolute atomic E-state index is 0.0539. The van der Waals surface area contributed by atoms with Gasteiger partial charge in [0.2, 0.25) is 0 Å². The van der Waals surface area contributed by atoms with Crippen LogP contribution in [0.2, 0.25) is 5.02 Å². The fraction of sp³-hybridized carbons (Fsp3) is 0.278. The third-order valence-corrected chi connectivity index (χ3v) is 4.97. The van der Waals surface area contributed by atoms with Crippen molar-refractivity contribution in [3.63, 3.8) is 0 Å². The lowest BCUT2D eigenvalue weighted by molar-refractivity contribution is -0.137. The first-order valence-electron chi connectivity index (χ1n) is 7.57. The van der Waals surface area contributed by atoms with Gasteiger partial charge in [-0.15, -0.1) is 0 Å². The van der Waals surface area contributed by atoms with Crippen molar-refractivity contribution in [2.75, 3.05) is 0 Å². The zero-order valence-electron chi connectivity index (χ0n) is 12.8. The molecule has 0 aliphatic heterocycles. The number of aryl methyl sites for hydroxylation is 1. The van der Waals surface area contributed by atoms with Crippen LogP contribution < -0.4 is 0 Å². The van der Waals surface area contributed by atoms with Crippen LogP contribution in [0.25, 0.3) is 0 Å². The Labute approximate surface area is 151 Å². The molecule has 0 aromatic heterocycles. The molecule has 1 nitrogen and oxygen atoms in total. The highest BCUT2D eigenvalue weighted by atomic mass is 35.5. The maximum Gasteiger partial charge on any atom is 0.417 e. The van der Waals surface area contributed by atoms with E-state index >= 15 is 0 Å². The van der Waals surface area contributed by atoms with E-state index in [4.69, 9.17) is 23.2 Å². The van der Waals surface area contributed by atoms with E-state index in [9.17, 15) is 22.4 Å². The molecule has 1 aliphatic rings. The summed E-state index contributed by atoms with van der Waals surface area (Å²) >= 11 is 11.3. The molecule has 0 radical (unpaired) electrons. The molecule has 0 spiro atoms. The van der Waals surface area contributed by atoms with Crippen LogP contribution in [0, 0.1) is 5.82 Å². The third kappa shape index (κ3) is 3.53. The Kier molecular flexibility index (Phi) is 4.82. The highest BCUT2D eigenvalue weighted by Gasteiger charge is 2.36. The summed E-state index contributed by atoms with van der Waals surface area (Å²) in [6.45, 7) is 0. The van der Waals surface area contributed by atoms with Crippen LogP contribution in [0.5, 0.6) is 0 Å². The van der Waals surface area contributed by atoms with Crippen LogP contribution in [0.3, 0.4) is 0 Å². The number of halogens is 6. The van der Waals surface area contributed by atoms with Crippen molar-refractivity contribution in [1.82, 2.24) is 0 Å². The molecule has 0 amide bonds. The van der Waals surface area contributed by atoms with Crippen molar-refractivity contribution in [3.8, 4) is 0 Å². The lowest BCUT2D eigenvalue weighted by Gasteiger charge is -2.28. The molecule has 132 valence electrons. The number of rotatable bonds is 2. The molecule has 0 saturated heterocycles. The summed E-state index contributed by atoms with van der Waals surface area (Å²) in [7, 11) is 0. The number of carbonyl (C=O) groups excluding carboxylic acids is 1. The van der Waals surface area contributed by atoms with Crippen LogP contribution >= 0.6 is 23.2 Å². The second-order valence-corrected chi connectivity index (χ2v) is 6.73.